The van der Waals surface area contributed by atoms with Crippen LogP contribution in [0.15, 0.2) is 30.7 Å². The van der Waals surface area contributed by atoms with Crippen LogP contribution < -0.4 is 5.73 Å². The van der Waals surface area contributed by atoms with Crippen molar-refractivity contribution in [3.8, 4) is 11.3 Å². The predicted molar refractivity (Wildman–Crippen MR) is 63.4 cm³/mol. The normalized spacial score (nSPS) is 17.7. The number of aromatic amines is 1. The molecule has 0 saturated carbocycles. The molecule has 5 nitrogen and oxygen atoms in total. The number of ether oxygens (including phenoxy) is 1. The molecule has 1 fully saturated rings. The molecule has 2 aromatic heterocycles. The maximum atomic E-state index is 5.80. The van der Waals surface area contributed by atoms with Gasteiger partial charge >= 0.3 is 0 Å². The molecule has 1 aliphatic rings. The van der Waals surface area contributed by atoms with Crippen LogP contribution in [0.5, 0.6) is 0 Å². The van der Waals surface area contributed by atoms with Gasteiger partial charge in [0.15, 0.2) is 0 Å². The van der Waals surface area contributed by atoms with E-state index in [9.17, 15) is 0 Å². The van der Waals surface area contributed by atoms with Crippen LogP contribution in [-0.2, 0) is 10.2 Å². The molecular formula is C12H14N4O. The summed E-state index contributed by atoms with van der Waals surface area (Å²) in [6, 6.07) is 3.90. The van der Waals surface area contributed by atoms with Crippen LogP contribution in [-0.4, -0.2) is 34.7 Å². The molecule has 1 saturated heterocycles. The molecule has 0 aliphatic carbocycles. The highest BCUT2D eigenvalue weighted by molar-refractivity contribution is 5.57. The van der Waals surface area contributed by atoms with Crippen molar-refractivity contribution in [2.45, 2.75) is 5.41 Å². The lowest BCUT2D eigenvalue weighted by Gasteiger charge is -2.38. The second-order valence-corrected chi connectivity index (χ2v) is 4.36. The molecule has 0 amide bonds. The number of nitrogens with two attached hydrogens (primary N) is 1. The van der Waals surface area contributed by atoms with E-state index in [2.05, 4.69) is 15.0 Å². The first-order valence-corrected chi connectivity index (χ1v) is 5.58. The van der Waals surface area contributed by atoms with Crippen molar-refractivity contribution in [3.05, 3.63) is 36.5 Å². The highest BCUT2D eigenvalue weighted by Gasteiger charge is 2.41. The van der Waals surface area contributed by atoms with E-state index in [-0.39, 0.29) is 5.41 Å². The van der Waals surface area contributed by atoms with Crippen molar-refractivity contribution in [2.24, 2.45) is 5.73 Å². The summed E-state index contributed by atoms with van der Waals surface area (Å²) in [4.78, 5) is 11.8. The van der Waals surface area contributed by atoms with Gasteiger partial charge in [-0.2, -0.15) is 0 Å². The van der Waals surface area contributed by atoms with Gasteiger partial charge in [-0.15, -0.1) is 0 Å². The van der Waals surface area contributed by atoms with Crippen LogP contribution in [0.2, 0.25) is 0 Å². The maximum absolute atomic E-state index is 5.80. The highest BCUT2D eigenvalue weighted by Crippen LogP contribution is 2.30. The van der Waals surface area contributed by atoms with Crippen LogP contribution >= 0.6 is 0 Å². The standard InChI is InChI=1S/C12H14N4O/c13-6-12(7-17-8-12)11-15-5-10(16-11)9-2-1-3-14-4-9/h1-5H,6-8,13H2,(H,15,16). The van der Waals surface area contributed by atoms with E-state index in [1.165, 1.54) is 0 Å². The molecule has 2 aromatic rings. The van der Waals surface area contributed by atoms with Crippen molar-refractivity contribution in [1.82, 2.24) is 15.0 Å². The summed E-state index contributed by atoms with van der Waals surface area (Å²) >= 11 is 0. The Balaban J connectivity index is 1.93. The van der Waals surface area contributed by atoms with Crippen molar-refractivity contribution in [2.75, 3.05) is 19.8 Å². The van der Waals surface area contributed by atoms with Crippen LogP contribution in [0, 0.1) is 0 Å². The summed E-state index contributed by atoms with van der Waals surface area (Å²) in [5.74, 6) is 0.908. The Hall–Kier alpha value is -1.72. The van der Waals surface area contributed by atoms with E-state index < -0.39 is 0 Å². The number of nitrogens with zero attached hydrogens (tertiary/aromatic N) is 2. The van der Waals surface area contributed by atoms with Crippen LogP contribution in [0.25, 0.3) is 11.3 Å². The molecule has 0 radical (unpaired) electrons. The van der Waals surface area contributed by atoms with Crippen molar-refractivity contribution in [1.29, 1.82) is 0 Å². The Labute approximate surface area is 99.0 Å². The fraction of sp³-hybridized carbons (Fsp3) is 0.333. The zero-order valence-electron chi connectivity index (χ0n) is 9.39. The van der Waals surface area contributed by atoms with E-state index in [4.69, 9.17) is 10.5 Å². The van der Waals surface area contributed by atoms with Gasteiger partial charge in [0.1, 0.15) is 5.82 Å². The summed E-state index contributed by atoms with van der Waals surface area (Å²) in [6.45, 7) is 1.83. The van der Waals surface area contributed by atoms with Gasteiger partial charge in [-0.3, -0.25) is 4.98 Å². The molecule has 0 aromatic carbocycles. The molecule has 0 atom stereocenters. The number of hydrogen-bond donors (Lipinski definition) is 2. The number of nitrogens with one attached hydrogen (secondary N) is 1. The second kappa shape index (κ2) is 3.94. The molecule has 5 heteroatoms. The minimum atomic E-state index is -0.125. The number of H-pyrrole nitrogens is 1. The summed E-state index contributed by atoms with van der Waals surface area (Å²) in [5, 5.41) is 0. The third kappa shape index (κ3) is 1.64. The van der Waals surface area contributed by atoms with Gasteiger partial charge in [0, 0.05) is 24.5 Å². The SMILES string of the molecule is NCC1(c2ncc(-c3cccnc3)[nH]2)COC1. The lowest BCUT2D eigenvalue weighted by molar-refractivity contribution is -0.0589. The summed E-state index contributed by atoms with van der Waals surface area (Å²) in [7, 11) is 0. The number of pyridine rings is 1. The van der Waals surface area contributed by atoms with E-state index >= 15 is 0 Å². The number of hydrogen-bond acceptors (Lipinski definition) is 4. The molecule has 0 spiro atoms. The molecule has 17 heavy (non-hydrogen) atoms. The zero-order chi connectivity index (χ0) is 11.7. The quantitative estimate of drug-likeness (QED) is 0.813. The number of imidazole rings is 1. The van der Waals surface area contributed by atoms with Crippen LogP contribution in [0.1, 0.15) is 5.82 Å². The first-order valence-electron chi connectivity index (χ1n) is 5.58. The van der Waals surface area contributed by atoms with Gasteiger partial charge in [-0.05, 0) is 12.1 Å². The minimum absolute atomic E-state index is 0.125. The summed E-state index contributed by atoms with van der Waals surface area (Å²) in [6.07, 6.45) is 5.38. The molecule has 88 valence electrons. The fourth-order valence-electron chi connectivity index (χ4n) is 1.96. The molecule has 3 rings (SSSR count). The van der Waals surface area contributed by atoms with Crippen molar-refractivity contribution >= 4 is 0 Å². The molecular weight excluding hydrogens is 216 g/mol. The van der Waals surface area contributed by atoms with E-state index in [0.29, 0.717) is 19.8 Å². The van der Waals surface area contributed by atoms with Gasteiger partial charge in [-0.1, -0.05) is 0 Å². The zero-order valence-corrected chi connectivity index (χ0v) is 9.39. The molecule has 3 N–H and O–H groups in total. The number of rotatable bonds is 3. The molecule has 0 bridgehead atoms. The summed E-state index contributed by atoms with van der Waals surface area (Å²) in [5.41, 5.74) is 7.66. The van der Waals surface area contributed by atoms with Crippen molar-refractivity contribution in [3.63, 3.8) is 0 Å². The number of aromatic nitrogens is 3. The summed E-state index contributed by atoms with van der Waals surface area (Å²) < 4.78 is 5.25. The van der Waals surface area contributed by atoms with Gasteiger partial charge in [0.05, 0.1) is 30.5 Å². The Kier molecular flexibility index (Phi) is 2.42. The monoisotopic (exact) mass is 230 g/mol. The van der Waals surface area contributed by atoms with E-state index in [1.807, 2.05) is 24.5 Å². The molecule has 0 unspecified atom stereocenters. The predicted octanol–water partition coefficient (Wildman–Crippen LogP) is 0.698. The Bertz CT molecular complexity index is 499. The Morgan fingerprint density at radius 3 is 2.88 bits per heavy atom. The average molecular weight is 230 g/mol. The van der Waals surface area contributed by atoms with Crippen LogP contribution in [0.4, 0.5) is 0 Å². The van der Waals surface area contributed by atoms with Gasteiger partial charge in [-0.25, -0.2) is 4.98 Å². The first kappa shape index (κ1) is 10.4. The molecule has 3 heterocycles. The van der Waals surface area contributed by atoms with Gasteiger partial charge in [0.25, 0.3) is 0 Å². The van der Waals surface area contributed by atoms with Gasteiger partial charge < -0.3 is 15.5 Å². The fourth-order valence-corrected chi connectivity index (χ4v) is 1.96. The van der Waals surface area contributed by atoms with E-state index in [1.54, 1.807) is 6.20 Å². The van der Waals surface area contributed by atoms with Crippen LogP contribution in [0.3, 0.4) is 0 Å². The lowest BCUT2D eigenvalue weighted by atomic mass is 9.85. The highest BCUT2D eigenvalue weighted by atomic mass is 16.5. The second-order valence-electron chi connectivity index (χ2n) is 4.36. The van der Waals surface area contributed by atoms with Crippen molar-refractivity contribution < 1.29 is 4.74 Å². The smallest absolute Gasteiger partial charge is 0.118 e. The third-order valence-electron chi connectivity index (χ3n) is 3.20. The largest absolute Gasteiger partial charge is 0.379 e. The Morgan fingerprint density at radius 1 is 1.41 bits per heavy atom. The lowest BCUT2D eigenvalue weighted by Crippen LogP contribution is -2.52. The average Bonchev–Trinajstić information content (AvgIpc) is 2.80. The molecule has 1 aliphatic heterocycles. The minimum Gasteiger partial charge on any atom is -0.379 e. The Morgan fingerprint density at radius 2 is 2.29 bits per heavy atom. The van der Waals surface area contributed by atoms with E-state index in [0.717, 1.165) is 17.1 Å². The van der Waals surface area contributed by atoms with Gasteiger partial charge in [0.2, 0.25) is 0 Å². The maximum Gasteiger partial charge on any atom is 0.118 e. The topological polar surface area (TPSA) is 76.8 Å². The first-order chi connectivity index (χ1) is 8.34. The third-order valence-corrected chi connectivity index (χ3v) is 3.20.